The minimum Gasteiger partial charge on any atom is -0.463 e. The molecule has 0 radical (unpaired) electrons. The van der Waals surface area contributed by atoms with Crippen LogP contribution in [0.15, 0.2) is 24.3 Å². The van der Waals surface area contributed by atoms with Crippen molar-refractivity contribution in [3.05, 3.63) is 24.3 Å². The Bertz CT molecular complexity index is 584. The zero-order chi connectivity index (χ0) is 27.9. The van der Waals surface area contributed by atoms with Crippen LogP contribution >= 0.6 is 0 Å². The molecule has 0 aliphatic heterocycles. The summed E-state index contributed by atoms with van der Waals surface area (Å²) < 4.78 is 10.2. The highest BCUT2D eigenvalue weighted by atomic mass is 16.6. The summed E-state index contributed by atoms with van der Waals surface area (Å²) in [6.07, 6.45) is 32.3. The van der Waals surface area contributed by atoms with Gasteiger partial charge in [0.25, 0.3) is 0 Å². The molecule has 0 aromatic rings. The fourth-order valence-corrected chi connectivity index (χ4v) is 4.20. The molecule has 0 amide bonds. The van der Waals surface area contributed by atoms with Crippen molar-refractivity contribution >= 4 is 11.9 Å². The predicted molar refractivity (Wildman–Crippen MR) is 159 cm³/mol. The van der Waals surface area contributed by atoms with Crippen LogP contribution in [0.3, 0.4) is 0 Å². The van der Waals surface area contributed by atoms with Crippen molar-refractivity contribution < 1.29 is 24.2 Å². The first kappa shape index (κ1) is 36.4. The average Bonchev–Trinajstić information content (AvgIpc) is 2.92. The third-order valence-corrected chi connectivity index (χ3v) is 6.66. The standard InChI is InChI=1S/C33H60O5/c1-3-5-7-9-11-13-15-16-18-20-22-24-26-28-33(36)38-30-31(34)29-37-32(35)27-25-23-21-19-17-14-12-10-8-6-4-2/h16,18-19,21,31,34H,3-15,17,20,22-30H2,1-2H3/b18-16-,21-19-/t31-/m1/s1. The summed E-state index contributed by atoms with van der Waals surface area (Å²) in [6, 6.07) is 0. The van der Waals surface area contributed by atoms with Gasteiger partial charge >= 0.3 is 11.9 Å². The van der Waals surface area contributed by atoms with E-state index in [0.717, 1.165) is 44.9 Å². The molecular formula is C33H60O5. The molecule has 1 N–H and O–H groups in total. The largest absolute Gasteiger partial charge is 0.463 e. The minimum absolute atomic E-state index is 0.130. The minimum atomic E-state index is -0.975. The summed E-state index contributed by atoms with van der Waals surface area (Å²) in [4.78, 5) is 23.7. The quantitative estimate of drug-likeness (QED) is 0.0613. The van der Waals surface area contributed by atoms with E-state index in [4.69, 9.17) is 9.47 Å². The van der Waals surface area contributed by atoms with E-state index >= 15 is 0 Å². The second-order valence-electron chi connectivity index (χ2n) is 10.6. The van der Waals surface area contributed by atoms with Gasteiger partial charge in [-0.25, -0.2) is 0 Å². The van der Waals surface area contributed by atoms with Gasteiger partial charge in [0.15, 0.2) is 0 Å². The molecule has 0 saturated carbocycles. The van der Waals surface area contributed by atoms with Crippen LogP contribution in [0.25, 0.3) is 0 Å². The van der Waals surface area contributed by atoms with Crippen LogP contribution in [0.5, 0.6) is 0 Å². The Morgan fingerprint density at radius 1 is 0.526 bits per heavy atom. The third-order valence-electron chi connectivity index (χ3n) is 6.66. The van der Waals surface area contributed by atoms with Gasteiger partial charge in [-0.05, 0) is 57.8 Å². The molecule has 0 rings (SSSR count). The molecule has 0 spiro atoms. The fraction of sp³-hybridized carbons (Fsp3) is 0.818. The van der Waals surface area contributed by atoms with Crippen LogP contribution in [-0.2, 0) is 19.1 Å². The molecule has 0 aromatic carbocycles. The Morgan fingerprint density at radius 2 is 0.868 bits per heavy atom. The van der Waals surface area contributed by atoms with Crippen molar-refractivity contribution in [2.75, 3.05) is 13.2 Å². The van der Waals surface area contributed by atoms with Crippen molar-refractivity contribution in [2.45, 2.75) is 161 Å². The van der Waals surface area contributed by atoms with E-state index in [1.165, 1.54) is 83.5 Å². The summed E-state index contributed by atoms with van der Waals surface area (Å²) in [7, 11) is 0. The molecule has 0 aliphatic carbocycles. The summed E-state index contributed by atoms with van der Waals surface area (Å²) in [5.74, 6) is -0.623. The van der Waals surface area contributed by atoms with Crippen LogP contribution in [0.4, 0.5) is 0 Å². The Hall–Kier alpha value is -1.62. The van der Waals surface area contributed by atoms with Gasteiger partial charge in [-0.15, -0.1) is 0 Å². The molecule has 38 heavy (non-hydrogen) atoms. The lowest BCUT2D eigenvalue weighted by Gasteiger charge is -2.12. The first-order valence-electron chi connectivity index (χ1n) is 15.9. The summed E-state index contributed by atoms with van der Waals surface area (Å²) in [5.41, 5.74) is 0. The number of aliphatic hydroxyl groups excluding tert-OH is 1. The van der Waals surface area contributed by atoms with Crippen molar-refractivity contribution in [1.82, 2.24) is 0 Å². The van der Waals surface area contributed by atoms with E-state index in [1.54, 1.807) is 0 Å². The fourth-order valence-electron chi connectivity index (χ4n) is 4.20. The van der Waals surface area contributed by atoms with Gasteiger partial charge in [-0.1, -0.05) is 109 Å². The average molecular weight is 537 g/mol. The number of hydrogen-bond donors (Lipinski definition) is 1. The van der Waals surface area contributed by atoms with E-state index in [1.807, 2.05) is 0 Å². The molecule has 5 nitrogen and oxygen atoms in total. The molecule has 1 atom stereocenters. The lowest BCUT2D eigenvalue weighted by atomic mass is 10.1. The van der Waals surface area contributed by atoms with Crippen molar-refractivity contribution in [3.63, 3.8) is 0 Å². The smallest absolute Gasteiger partial charge is 0.305 e. The molecule has 0 aromatic heterocycles. The van der Waals surface area contributed by atoms with Crippen LogP contribution < -0.4 is 0 Å². The van der Waals surface area contributed by atoms with Gasteiger partial charge in [-0.2, -0.15) is 0 Å². The number of carbonyl (C=O) groups excluding carboxylic acids is 2. The van der Waals surface area contributed by atoms with E-state index < -0.39 is 6.10 Å². The maximum atomic E-state index is 11.9. The van der Waals surface area contributed by atoms with Gasteiger partial charge < -0.3 is 14.6 Å². The zero-order valence-electron chi connectivity index (χ0n) is 24.9. The first-order chi connectivity index (χ1) is 18.6. The van der Waals surface area contributed by atoms with Crippen molar-refractivity contribution in [2.24, 2.45) is 0 Å². The number of carbonyl (C=O) groups is 2. The van der Waals surface area contributed by atoms with Crippen molar-refractivity contribution in [3.8, 4) is 0 Å². The maximum Gasteiger partial charge on any atom is 0.305 e. The maximum absolute atomic E-state index is 11.9. The molecule has 0 bridgehead atoms. The molecule has 0 saturated heterocycles. The molecule has 0 unspecified atom stereocenters. The second kappa shape index (κ2) is 29.9. The zero-order valence-corrected chi connectivity index (χ0v) is 24.9. The number of aliphatic hydroxyl groups is 1. The third kappa shape index (κ3) is 28.9. The Balaban J connectivity index is 3.51. The first-order valence-corrected chi connectivity index (χ1v) is 15.9. The lowest BCUT2D eigenvalue weighted by Crippen LogP contribution is -2.25. The highest BCUT2D eigenvalue weighted by molar-refractivity contribution is 5.69. The van der Waals surface area contributed by atoms with Crippen LogP contribution in [0, 0.1) is 0 Å². The monoisotopic (exact) mass is 536 g/mol. The SMILES string of the molecule is CCCCCCCC/C=C\CCCCCC(=O)OC[C@H](O)COC(=O)CCC/C=C\CCCCCCCC. The van der Waals surface area contributed by atoms with Crippen LogP contribution in [-0.4, -0.2) is 36.4 Å². The highest BCUT2D eigenvalue weighted by Gasteiger charge is 2.11. The molecule has 0 aliphatic rings. The number of esters is 2. The van der Waals surface area contributed by atoms with Gasteiger partial charge in [0.05, 0.1) is 0 Å². The summed E-state index contributed by atoms with van der Waals surface area (Å²) in [6.45, 7) is 4.22. The second-order valence-corrected chi connectivity index (χ2v) is 10.6. The Labute approximate surface area is 234 Å². The van der Waals surface area contributed by atoms with Gasteiger partial charge in [0, 0.05) is 12.8 Å². The van der Waals surface area contributed by atoms with E-state index in [0.29, 0.717) is 12.8 Å². The normalized spacial score (nSPS) is 12.4. The van der Waals surface area contributed by atoms with Gasteiger partial charge in [0.1, 0.15) is 19.3 Å². The van der Waals surface area contributed by atoms with Crippen LogP contribution in [0.1, 0.15) is 155 Å². The number of unbranched alkanes of at least 4 members (excludes halogenated alkanes) is 16. The highest BCUT2D eigenvalue weighted by Crippen LogP contribution is 2.10. The molecule has 0 fully saturated rings. The molecule has 222 valence electrons. The van der Waals surface area contributed by atoms with E-state index in [2.05, 4.69) is 38.2 Å². The van der Waals surface area contributed by atoms with Crippen molar-refractivity contribution in [1.29, 1.82) is 0 Å². The number of rotatable bonds is 28. The molecule has 0 heterocycles. The van der Waals surface area contributed by atoms with Gasteiger partial charge in [-0.3, -0.25) is 9.59 Å². The number of allylic oxidation sites excluding steroid dienone is 4. The molecular weight excluding hydrogens is 476 g/mol. The Kier molecular flexibility index (Phi) is 28.7. The van der Waals surface area contributed by atoms with Crippen LogP contribution in [0.2, 0.25) is 0 Å². The predicted octanol–water partition coefficient (Wildman–Crippen LogP) is 9.17. The Morgan fingerprint density at radius 3 is 1.32 bits per heavy atom. The van der Waals surface area contributed by atoms with E-state index in [9.17, 15) is 14.7 Å². The lowest BCUT2D eigenvalue weighted by molar-refractivity contribution is -0.152. The van der Waals surface area contributed by atoms with E-state index in [-0.39, 0.29) is 25.2 Å². The summed E-state index contributed by atoms with van der Waals surface area (Å²) >= 11 is 0. The topological polar surface area (TPSA) is 72.8 Å². The van der Waals surface area contributed by atoms with Gasteiger partial charge in [0.2, 0.25) is 0 Å². The summed E-state index contributed by atoms with van der Waals surface area (Å²) in [5, 5.41) is 9.92. The number of ether oxygens (including phenoxy) is 2. The molecule has 5 heteroatoms. The number of hydrogen-bond acceptors (Lipinski definition) is 5.